The molecule has 3 nitrogen and oxygen atoms in total. The molecule has 1 atom stereocenters. The van der Waals surface area contributed by atoms with Gasteiger partial charge in [-0.1, -0.05) is 53.2 Å². The van der Waals surface area contributed by atoms with E-state index >= 15 is 0 Å². The first kappa shape index (κ1) is 14.2. The van der Waals surface area contributed by atoms with E-state index < -0.39 is 0 Å². The number of nitrogens with zero attached hydrogens (tertiary/aromatic N) is 1. The molecular formula is C13H18BrNO2. The topological polar surface area (TPSA) is 29.5 Å². The molecule has 1 aromatic carbocycles. The highest BCUT2D eigenvalue weighted by atomic mass is 79.9. The predicted molar refractivity (Wildman–Crippen MR) is 72.1 cm³/mol. The van der Waals surface area contributed by atoms with Gasteiger partial charge in [0.25, 0.3) is 0 Å². The molecule has 0 heterocycles. The number of rotatable bonds is 6. The summed E-state index contributed by atoms with van der Waals surface area (Å²) in [4.78, 5) is 13.3. The fraction of sp³-hybridized carbons (Fsp3) is 0.462. The Morgan fingerprint density at radius 2 is 2.06 bits per heavy atom. The van der Waals surface area contributed by atoms with Crippen LogP contribution in [0, 0.1) is 0 Å². The van der Waals surface area contributed by atoms with Gasteiger partial charge in [-0.3, -0.25) is 9.69 Å². The van der Waals surface area contributed by atoms with Gasteiger partial charge < -0.3 is 4.74 Å². The summed E-state index contributed by atoms with van der Waals surface area (Å²) in [7, 11) is 1.41. The van der Waals surface area contributed by atoms with Gasteiger partial charge in [0, 0.05) is 13.1 Å². The van der Waals surface area contributed by atoms with E-state index in [9.17, 15) is 4.79 Å². The van der Waals surface area contributed by atoms with Crippen LogP contribution in [0.2, 0.25) is 0 Å². The summed E-state index contributed by atoms with van der Waals surface area (Å²) in [5.41, 5.74) is 1.25. The average Bonchev–Trinajstić information content (AvgIpc) is 2.38. The molecule has 4 heteroatoms. The van der Waals surface area contributed by atoms with Gasteiger partial charge in [0.2, 0.25) is 0 Å². The Hall–Kier alpha value is -0.870. The van der Waals surface area contributed by atoms with Gasteiger partial charge in [0.05, 0.1) is 7.11 Å². The first-order chi connectivity index (χ1) is 8.17. The standard InChI is InChI=1S/C13H18BrNO2/c1-3-15(10-12(14)13(16)17-2)9-11-7-5-4-6-8-11/h4-8,12H,3,9-10H2,1-2H3. The Morgan fingerprint density at radius 3 is 2.59 bits per heavy atom. The number of methoxy groups -OCH3 is 1. The van der Waals surface area contributed by atoms with Gasteiger partial charge in [-0.25, -0.2) is 0 Å². The summed E-state index contributed by atoms with van der Waals surface area (Å²) in [6.45, 7) is 4.47. The van der Waals surface area contributed by atoms with E-state index in [4.69, 9.17) is 4.74 Å². The SMILES string of the molecule is CCN(Cc1ccccc1)CC(Br)C(=O)OC. The van der Waals surface area contributed by atoms with Crippen LogP contribution in [-0.2, 0) is 16.1 Å². The largest absolute Gasteiger partial charge is 0.468 e. The predicted octanol–water partition coefficient (Wildman–Crippen LogP) is 2.45. The number of halogens is 1. The fourth-order valence-electron chi connectivity index (χ4n) is 1.58. The van der Waals surface area contributed by atoms with Crippen LogP contribution in [0.1, 0.15) is 12.5 Å². The molecular weight excluding hydrogens is 282 g/mol. The van der Waals surface area contributed by atoms with Crippen molar-refractivity contribution in [3.05, 3.63) is 35.9 Å². The van der Waals surface area contributed by atoms with Gasteiger partial charge >= 0.3 is 5.97 Å². The van der Waals surface area contributed by atoms with Crippen LogP contribution in [0.4, 0.5) is 0 Å². The average molecular weight is 300 g/mol. The first-order valence-electron chi connectivity index (χ1n) is 5.65. The van der Waals surface area contributed by atoms with E-state index in [2.05, 4.69) is 39.9 Å². The molecule has 0 saturated heterocycles. The quantitative estimate of drug-likeness (QED) is 0.597. The summed E-state index contributed by atoms with van der Waals surface area (Å²) in [6, 6.07) is 10.2. The molecule has 0 amide bonds. The molecule has 0 bridgehead atoms. The molecule has 0 aromatic heterocycles. The Kier molecular flexibility index (Phi) is 6.22. The number of ether oxygens (including phenoxy) is 1. The third kappa shape index (κ3) is 4.88. The van der Waals surface area contributed by atoms with Crippen molar-refractivity contribution in [3.8, 4) is 0 Å². The van der Waals surface area contributed by atoms with E-state index in [0.29, 0.717) is 6.54 Å². The molecule has 1 aromatic rings. The maximum Gasteiger partial charge on any atom is 0.320 e. The second kappa shape index (κ2) is 7.45. The summed E-state index contributed by atoms with van der Waals surface area (Å²) < 4.78 is 4.70. The Morgan fingerprint density at radius 1 is 1.41 bits per heavy atom. The molecule has 0 spiro atoms. The highest BCUT2D eigenvalue weighted by Gasteiger charge is 2.18. The van der Waals surface area contributed by atoms with Crippen molar-refractivity contribution in [1.82, 2.24) is 4.90 Å². The number of hydrogen-bond donors (Lipinski definition) is 0. The van der Waals surface area contributed by atoms with E-state index in [1.807, 2.05) is 18.2 Å². The monoisotopic (exact) mass is 299 g/mol. The zero-order valence-electron chi connectivity index (χ0n) is 10.2. The minimum atomic E-state index is -0.267. The molecule has 0 saturated carbocycles. The van der Waals surface area contributed by atoms with E-state index in [0.717, 1.165) is 13.1 Å². The zero-order chi connectivity index (χ0) is 12.7. The molecule has 94 valence electrons. The Bertz CT molecular complexity index is 343. The van der Waals surface area contributed by atoms with Crippen LogP contribution in [0.3, 0.4) is 0 Å². The third-order valence-electron chi connectivity index (χ3n) is 2.57. The summed E-state index contributed by atoms with van der Waals surface area (Å²) in [5.74, 6) is -0.225. The molecule has 1 unspecified atom stereocenters. The number of carbonyl (C=O) groups is 1. The second-order valence-corrected chi connectivity index (χ2v) is 4.91. The van der Waals surface area contributed by atoms with Gasteiger partial charge in [0.15, 0.2) is 0 Å². The van der Waals surface area contributed by atoms with Crippen LogP contribution >= 0.6 is 15.9 Å². The molecule has 0 aliphatic rings. The molecule has 0 radical (unpaired) electrons. The van der Waals surface area contributed by atoms with Crippen molar-refractivity contribution >= 4 is 21.9 Å². The van der Waals surface area contributed by atoms with Crippen LogP contribution in [0.25, 0.3) is 0 Å². The lowest BCUT2D eigenvalue weighted by Crippen LogP contribution is -2.33. The summed E-state index contributed by atoms with van der Waals surface area (Å²) >= 11 is 3.34. The van der Waals surface area contributed by atoms with Crippen LogP contribution in [0.15, 0.2) is 30.3 Å². The maximum absolute atomic E-state index is 11.3. The Labute approximate surface area is 111 Å². The number of esters is 1. The minimum absolute atomic E-state index is 0.225. The highest BCUT2D eigenvalue weighted by Crippen LogP contribution is 2.09. The molecule has 1 rings (SSSR count). The van der Waals surface area contributed by atoms with Crippen molar-refractivity contribution < 1.29 is 9.53 Å². The number of hydrogen-bond acceptors (Lipinski definition) is 3. The normalized spacial score (nSPS) is 12.5. The van der Waals surface area contributed by atoms with Crippen molar-refractivity contribution in [2.24, 2.45) is 0 Å². The van der Waals surface area contributed by atoms with Crippen LogP contribution < -0.4 is 0 Å². The lowest BCUT2D eigenvalue weighted by Gasteiger charge is -2.22. The number of alkyl halides is 1. The lowest BCUT2D eigenvalue weighted by molar-refractivity contribution is -0.140. The molecule has 17 heavy (non-hydrogen) atoms. The number of carbonyl (C=O) groups excluding carboxylic acids is 1. The molecule has 0 fully saturated rings. The van der Waals surface area contributed by atoms with E-state index in [-0.39, 0.29) is 10.8 Å². The smallest absolute Gasteiger partial charge is 0.320 e. The highest BCUT2D eigenvalue weighted by molar-refractivity contribution is 9.10. The van der Waals surface area contributed by atoms with Crippen molar-refractivity contribution in [3.63, 3.8) is 0 Å². The molecule has 0 aliphatic heterocycles. The summed E-state index contributed by atoms with van der Waals surface area (Å²) in [5, 5.41) is 0. The molecule has 0 aliphatic carbocycles. The van der Waals surface area contributed by atoms with Gasteiger partial charge in [-0.2, -0.15) is 0 Å². The van der Waals surface area contributed by atoms with Crippen LogP contribution in [0.5, 0.6) is 0 Å². The van der Waals surface area contributed by atoms with E-state index in [1.54, 1.807) is 0 Å². The second-order valence-electron chi connectivity index (χ2n) is 3.80. The van der Waals surface area contributed by atoms with Crippen molar-refractivity contribution in [2.75, 3.05) is 20.2 Å². The number of benzene rings is 1. The fourth-order valence-corrected chi connectivity index (χ4v) is 2.17. The lowest BCUT2D eigenvalue weighted by atomic mass is 10.2. The zero-order valence-corrected chi connectivity index (χ0v) is 11.8. The van der Waals surface area contributed by atoms with Crippen LogP contribution in [-0.4, -0.2) is 35.9 Å². The Balaban J connectivity index is 2.52. The maximum atomic E-state index is 11.3. The van der Waals surface area contributed by atoms with Gasteiger partial charge in [-0.15, -0.1) is 0 Å². The molecule has 0 N–H and O–H groups in total. The van der Waals surface area contributed by atoms with Gasteiger partial charge in [-0.05, 0) is 12.1 Å². The van der Waals surface area contributed by atoms with E-state index in [1.165, 1.54) is 12.7 Å². The minimum Gasteiger partial charge on any atom is -0.468 e. The van der Waals surface area contributed by atoms with Crippen molar-refractivity contribution in [1.29, 1.82) is 0 Å². The third-order valence-corrected chi connectivity index (χ3v) is 3.24. The van der Waals surface area contributed by atoms with Gasteiger partial charge in [0.1, 0.15) is 4.83 Å². The first-order valence-corrected chi connectivity index (χ1v) is 6.57. The van der Waals surface area contributed by atoms with Crippen molar-refractivity contribution in [2.45, 2.75) is 18.3 Å². The summed E-state index contributed by atoms with van der Waals surface area (Å²) in [6.07, 6.45) is 0.